The lowest BCUT2D eigenvalue weighted by Crippen LogP contribution is -2.24. The van der Waals surface area contributed by atoms with Gasteiger partial charge in [0.1, 0.15) is 0 Å². The van der Waals surface area contributed by atoms with Gasteiger partial charge in [-0.1, -0.05) is 18.1 Å². The first kappa shape index (κ1) is 13.1. The third kappa shape index (κ3) is 3.33. The van der Waals surface area contributed by atoms with Crippen molar-refractivity contribution in [3.63, 3.8) is 0 Å². The Hall–Kier alpha value is -1.35. The summed E-state index contributed by atoms with van der Waals surface area (Å²) in [5, 5.41) is 8.32. The molecule has 18 heavy (non-hydrogen) atoms. The molecule has 0 atom stereocenters. The molecule has 1 aliphatic heterocycles. The second-order valence-corrected chi connectivity index (χ2v) is 5.23. The second-order valence-electron chi connectivity index (χ2n) is 5.23. The lowest BCUT2D eigenvalue weighted by Gasteiger charge is -2.20. The average Bonchev–Trinajstić information content (AvgIpc) is 2.73. The van der Waals surface area contributed by atoms with Gasteiger partial charge in [0.25, 0.3) is 0 Å². The van der Waals surface area contributed by atoms with Crippen LogP contribution in [-0.2, 0) is 0 Å². The van der Waals surface area contributed by atoms with Gasteiger partial charge in [0.15, 0.2) is 0 Å². The first-order valence-electron chi connectivity index (χ1n) is 6.76. The number of benzene rings is 1. The van der Waals surface area contributed by atoms with Crippen molar-refractivity contribution >= 4 is 10.9 Å². The Balaban J connectivity index is 0.000000149. The summed E-state index contributed by atoms with van der Waals surface area (Å²) in [5.74, 6) is 0. The van der Waals surface area contributed by atoms with Gasteiger partial charge in [-0.05, 0) is 59.0 Å². The van der Waals surface area contributed by atoms with E-state index >= 15 is 0 Å². The molecule has 1 aliphatic rings. The van der Waals surface area contributed by atoms with Gasteiger partial charge < -0.3 is 4.90 Å². The maximum atomic E-state index is 4.13. The minimum absolute atomic E-state index is 1.05. The molecule has 0 aliphatic carbocycles. The fourth-order valence-corrected chi connectivity index (χ4v) is 2.30. The fraction of sp³-hybridized carbons (Fsp3) is 0.533. The monoisotopic (exact) mass is 245 g/mol. The van der Waals surface area contributed by atoms with Crippen LogP contribution < -0.4 is 0 Å². The van der Waals surface area contributed by atoms with Crippen molar-refractivity contribution < 1.29 is 0 Å². The molecule has 0 bridgehead atoms. The number of H-pyrrole nitrogens is 1. The molecule has 3 rings (SSSR count). The molecule has 0 amide bonds. The standard InChI is InChI=1S/C9H10N2.C6H13N/c1-6-3-4-9-8(5-6)7(2)10-11-9;1-7-5-3-2-4-6-7/h3-5H,1-2H3,(H,10,11);2-6H2,1H3. The Kier molecular flexibility index (Phi) is 4.37. The number of rotatable bonds is 0. The van der Waals surface area contributed by atoms with Crippen molar-refractivity contribution in [1.82, 2.24) is 15.1 Å². The maximum Gasteiger partial charge on any atom is 0.0923 e. The van der Waals surface area contributed by atoms with E-state index in [0.29, 0.717) is 0 Å². The largest absolute Gasteiger partial charge is 0.306 e. The number of hydrogen-bond acceptors (Lipinski definition) is 2. The number of piperidine rings is 1. The van der Waals surface area contributed by atoms with Gasteiger partial charge in [0.05, 0.1) is 5.52 Å². The molecule has 98 valence electrons. The topological polar surface area (TPSA) is 31.9 Å². The Morgan fingerprint density at radius 3 is 2.44 bits per heavy atom. The minimum atomic E-state index is 1.05. The van der Waals surface area contributed by atoms with Crippen LogP contribution >= 0.6 is 0 Å². The van der Waals surface area contributed by atoms with Crippen molar-refractivity contribution in [3.05, 3.63) is 29.5 Å². The molecule has 3 heteroatoms. The molecule has 0 saturated carbocycles. The lowest BCUT2D eigenvalue weighted by atomic mass is 10.1. The summed E-state index contributed by atoms with van der Waals surface area (Å²) < 4.78 is 0. The van der Waals surface area contributed by atoms with Crippen molar-refractivity contribution in [2.75, 3.05) is 20.1 Å². The van der Waals surface area contributed by atoms with Crippen molar-refractivity contribution in [2.45, 2.75) is 33.1 Å². The molecule has 2 aromatic rings. The first-order valence-corrected chi connectivity index (χ1v) is 6.76. The summed E-state index contributed by atoms with van der Waals surface area (Å²) in [6, 6.07) is 6.25. The quantitative estimate of drug-likeness (QED) is 0.772. The van der Waals surface area contributed by atoms with Crippen LogP contribution in [0.3, 0.4) is 0 Å². The molecule has 0 radical (unpaired) electrons. The van der Waals surface area contributed by atoms with E-state index in [1.54, 1.807) is 0 Å². The molecule has 0 spiro atoms. The molecule has 1 aromatic carbocycles. The third-order valence-corrected chi connectivity index (χ3v) is 3.48. The summed E-state index contributed by atoms with van der Waals surface area (Å²) >= 11 is 0. The SMILES string of the molecule is CN1CCCCC1.Cc1ccc2n[nH]c(C)c2c1. The van der Waals surface area contributed by atoms with Gasteiger partial charge in [-0.2, -0.15) is 5.10 Å². The summed E-state index contributed by atoms with van der Waals surface area (Å²) in [5.41, 5.74) is 3.47. The Morgan fingerprint density at radius 1 is 1.11 bits per heavy atom. The fourth-order valence-electron chi connectivity index (χ4n) is 2.30. The van der Waals surface area contributed by atoms with Crippen LogP contribution in [0.5, 0.6) is 0 Å². The maximum absolute atomic E-state index is 4.13. The number of fused-ring (bicyclic) bond motifs is 1. The Labute approximate surface area is 109 Å². The van der Waals surface area contributed by atoms with E-state index in [2.05, 4.69) is 41.2 Å². The lowest BCUT2D eigenvalue weighted by molar-refractivity contribution is 0.277. The van der Waals surface area contributed by atoms with E-state index in [1.807, 2.05) is 13.0 Å². The van der Waals surface area contributed by atoms with Crippen LogP contribution in [0, 0.1) is 13.8 Å². The molecule has 0 unspecified atom stereocenters. The second kappa shape index (κ2) is 6.01. The van der Waals surface area contributed by atoms with Crippen LogP contribution in [0.2, 0.25) is 0 Å². The summed E-state index contributed by atoms with van der Waals surface area (Å²) in [4.78, 5) is 2.39. The predicted molar refractivity (Wildman–Crippen MR) is 76.9 cm³/mol. The molecule has 1 fully saturated rings. The van der Waals surface area contributed by atoms with Crippen LogP contribution in [-0.4, -0.2) is 35.2 Å². The van der Waals surface area contributed by atoms with Crippen LogP contribution in [0.4, 0.5) is 0 Å². The van der Waals surface area contributed by atoms with Crippen molar-refractivity contribution in [1.29, 1.82) is 0 Å². The zero-order valence-electron chi connectivity index (χ0n) is 11.7. The van der Waals surface area contributed by atoms with Crippen LogP contribution in [0.25, 0.3) is 10.9 Å². The molecule has 2 heterocycles. The van der Waals surface area contributed by atoms with Gasteiger partial charge in [-0.25, -0.2) is 0 Å². The van der Waals surface area contributed by atoms with Gasteiger partial charge >= 0.3 is 0 Å². The Morgan fingerprint density at radius 2 is 1.83 bits per heavy atom. The zero-order valence-corrected chi connectivity index (χ0v) is 11.7. The van der Waals surface area contributed by atoms with Gasteiger partial charge in [-0.15, -0.1) is 0 Å². The van der Waals surface area contributed by atoms with Crippen molar-refractivity contribution in [3.8, 4) is 0 Å². The molecular formula is C15H23N3. The molecule has 1 N–H and O–H groups in total. The predicted octanol–water partition coefficient (Wildman–Crippen LogP) is 3.28. The highest BCUT2D eigenvalue weighted by Crippen LogP contribution is 2.15. The third-order valence-electron chi connectivity index (χ3n) is 3.48. The van der Waals surface area contributed by atoms with E-state index in [9.17, 15) is 0 Å². The zero-order chi connectivity index (χ0) is 13.0. The molecule has 1 aromatic heterocycles. The molecule has 1 saturated heterocycles. The highest BCUT2D eigenvalue weighted by Gasteiger charge is 2.02. The Bertz CT molecular complexity index is 495. The van der Waals surface area contributed by atoms with Gasteiger partial charge in [-0.3, -0.25) is 5.10 Å². The highest BCUT2D eigenvalue weighted by molar-refractivity contribution is 5.81. The number of aromatic amines is 1. The summed E-state index contributed by atoms with van der Waals surface area (Å²) in [6.07, 6.45) is 4.28. The minimum Gasteiger partial charge on any atom is -0.306 e. The number of nitrogens with one attached hydrogen (secondary N) is 1. The molecule has 3 nitrogen and oxygen atoms in total. The number of nitrogens with zero attached hydrogens (tertiary/aromatic N) is 2. The van der Waals surface area contributed by atoms with Crippen LogP contribution in [0.15, 0.2) is 18.2 Å². The van der Waals surface area contributed by atoms with Crippen LogP contribution in [0.1, 0.15) is 30.5 Å². The smallest absolute Gasteiger partial charge is 0.0923 e. The number of aromatic nitrogens is 2. The van der Waals surface area contributed by atoms with Gasteiger partial charge in [0, 0.05) is 11.1 Å². The number of aryl methyl sites for hydroxylation is 2. The summed E-state index contributed by atoms with van der Waals surface area (Å²) in [6.45, 7) is 6.76. The van der Waals surface area contributed by atoms with Gasteiger partial charge in [0.2, 0.25) is 0 Å². The van der Waals surface area contributed by atoms with E-state index in [1.165, 1.54) is 43.3 Å². The highest BCUT2D eigenvalue weighted by atomic mass is 15.1. The van der Waals surface area contributed by atoms with Crippen molar-refractivity contribution in [2.24, 2.45) is 0 Å². The molecular weight excluding hydrogens is 222 g/mol. The first-order chi connectivity index (χ1) is 8.66. The van der Waals surface area contributed by atoms with E-state index < -0.39 is 0 Å². The normalized spacial score (nSPS) is 16.4. The average molecular weight is 245 g/mol. The number of hydrogen-bond donors (Lipinski definition) is 1. The van der Waals surface area contributed by atoms with E-state index in [0.717, 1.165) is 11.2 Å². The summed E-state index contributed by atoms with van der Waals surface area (Å²) in [7, 11) is 2.19. The number of likely N-dealkylation sites (tertiary alicyclic amines) is 1. The van der Waals surface area contributed by atoms with E-state index in [-0.39, 0.29) is 0 Å². The van der Waals surface area contributed by atoms with E-state index in [4.69, 9.17) is 0 Å².